The van der Waals surface area contributed by atoms with Gasteiger partial charge >= 0.3 is 6.09 Å². The summed E-state index contributed by atoms with van der Waals surface area (Å²) < 4.78 is 3.37. The smallest absolute Gasteiger partial charge is 0.410 e. The number of hydrogen-bond acceptors (Lipinski definition) is 3. The van der Waals surface area contributed by atoms with Crippen LogP contribution in [0.1, 0.15) is 6.42 Å². The van der Waals surface area contributed by atoms with Crippen LogP contribution in [0.5, 0.6) is 0 Å². The molecule has 0 radical (unpaired) electrons. The summed E-state index contributed by atoms with van der Waals surface area (Å²) in [4.78, 5) is 13.3. The number of amides is 1. The fourth-order valence-electron chi connectivity index (χ4n) is 2.01. The Balaban J connectivity index is 1.82. The van der Waals surface area contributed by atoms with Gasteiger partial charge in [0.1, 0.15) is 6.61 Å². The van der Waals surface area contributed by atoms with Crippen molar-refractivity contribution in [3.8, 4) is 0 Å². The molecule has 2 heterocycles. The Morgan fingerprint density at radius 3 is 2.73 bits per heavy atom. The third-order valence-corrected chi connectivity index (χ3v) is 2.98. The third kappa shape index (κ3) is 2.81. The molecule has 0 aliphatic carbocycles. The van der Waals surface area contributed by atoms with E-state index in [1.165, 1.54) is 0 Å². The van der Waals surface area contributed by atoms with Crippen molar-refractivity contribution in [2.45, 2.75) is 22.3 Å². The van der Waals surface area contributed by atoms with E-state index in [1.54, 1.807) is 4.90 Å². The highest BCUT2D eigenvalue weighted by Crippen LogP contribution is 2.28. The standard InChI is InChI=1S/C8H11Cl3N2O2/c9-8(10,11)4-15-7(14)13-3-5-1-6(13)2-12-5/h5-6,12H,1-4H2/t5-,6-/m1/s1. The van der Waals surface area contributed by atoms with Crippen LogP contribution in [0.3, 0.4) is 0 Å². The molecule has 15 heavy (non-hydrogen) atoms. The molecule has 0 aromatic rings. The highest BCUT2D eigenvalue weighted by atomic mass is 35.6. The first kappa shape index (κ1) is 11.6. The number of nitrogens with zero attached hydrogens (tertiary/aromatic N) is 1. The maximum atomic E-state index is 11.6. The highest BCUT2D eigenvalue weighted by molar-refractivity contribution is 6.67. The van der Waals surface area contributed by atoms with E-state index in [0.29, 0.717) is 12.6 Å². The maximum absolute atomic E-state index is 11.6. The van der Waals surface area contributed by atoms with E-state index < -0.39 is 9.89 Å². The predicted molar refractivity (Wildman–Crippen MR) is 58.5 cm³/mol. The number of ether oxygens (including phenoxy) is 1. The summed E-state index contributed by atoms with van der Waals surface area (Å²) in [5.74, 6) is 0. The third-order valence-electron chi connectivity index (χ3n) is 2.65. The number of halogens is 3. The van der Waals surface area contributed by atoms with Crippen LogP contribution in [-0.2, 0) is 4.74 Å². The van der Waals surface area contributed by atoms with Crippen molar-refractivity contribution in [3.63, 3.8) is 0 Å². The van der Waals surface area contributed by atoms with Crippen LogP contribution in [-0.4, -0.2) is 46.6 Å². The zero-order valence-electron chi connectivity index (χ0n) is 7.88. The summed E-state index contributed by atoms with van der Waals surface area (Å²) in [5.41, 5.74) is 0. The minimum atomic E-state index is -1.54. The van der Waals surface area contributed by atoms with Crippen LogP contribution in [0.4, 0.5) is 4.79 Å². The van der Waals surface area contributed by atoms with Crippen molar-refractivity contribution in [1.29, 1.82) is 0 Å². The van der Waals surface area contributed by atoms with Crippen LogP contribution < -0.4 is 5.32 Å². The molecule has 1 N–H and O–H groups in total. The molecule has 1 amide bonds. The zero-order chi connectivity index (χ0) is 11.1. The van der Waals surface area contributed by atoms with E-state index >= 15 is 0 Å². The fourth-order valence-corrected chi connectivity index (χ4v) is 2.17. The van der Waals surface area contributed by atoms with E-state index in [2.05, 4.69) is 5.32 Å². The number of alkyl halides is 3. The van der Waals surface area contributed by atoms with Gasteiger partial charge in [-0.3, -0.25) is 0 Å². The van der Waals surface area contributed by atoms with Crippen LogP contribution in [0.15, 0.2) is 0 Å². The summed E-state index contributed by atoms with van der Waals surface area (Å²) in [6.45, 7) is 1.30. The van der Waals surface area contributed by atoms with Gasteiger partial charge in [0.2, 0.25) is 3.79 Å². The lowest BCUT2D eigenvalue weighted by molar-refractivity contribution is 0.0952. The molecular weight excluding hydrogens is 262 g/mol. The number of fused-ring (bicyclic) bond motifs is 2. The second kappa shape index (κ2) is 4.17. The van der Waals surface area contributed by atoms with Crippen molar-refractivity contribution < 1.29 is 9.53 Å². The first-order valence-electron chi connectivity index (χ1n) is 4.69. The summed E-state index contributed by atoms with van der Waals surface area (Å²) in [7, 11) is 0. The first-order valence-corrected chi connectivity index (χ1v) is 5.82. The van der Waals surface area contributed by atoms with Crippen molar-refractivity contribution in [1.82, 2.24) is 10.2 Å². The fraction of sp³-hybridized carbons (Fsp3) is 0.875. The lowest BCUT2D eigenvalue weighted by Gasteiger charge is -2.27. The minimum absolute atomic E-state index is 0.211. The number of piperazine rings is 1. The predicted octanol–water partition coefficient (Wildman–Crippen LogP) is 1.54. The molecule has 2 saturated heterocycles. The number of likely N-dealkylation sites (tertiary alicyclic amines) is 1. The topological polar surface area (TPSA) is 41.6 Å². The Labute approximate surface area is 103 Å². The number of nitrogens with one attached hydrogen (secondary N) is 1. The normalized spacial score (nSPS) is 29.7. The van der Waals surface area contributed by atoms with Crippen molar-refractivity contribution >= 4 is 40.9 Å². The SMILES string of the molecule is O=C(OCC(Cl)(Cl)Cl)N1C[C@H]2C[C@@H]1CN2. The number of carbonyl (C=O) groups is 1. The Kier molecular flexibility index (Phi) is 3.22. The van der Waals surface area contributed by atoms with Gasteiger partial charge in [0.05, 0.1) is 0 Å². The molecule has 0 aromatic heterocycles. The molecule has 2 fully saturated rings. The Morgan fingerprint density at radius 2 is 2.27 bits per heavy atom. The molecule has 2 bridgehead atoms. The van der Waals surface area contributed by atoms with E-state index in [4.69, 9.17) is 39.5 Å². The summed E-state index contributed by atoms with van der Waals surface area (Å²) in [5, 5.41) is 3.29. The molecule has 4 nitrogen and oxygen atoms in total. The molecular formula is C8H11Cl3N2O2. The number of rotatable bonds is 1. The highest BCUT2D eigenvalue weighted by Gasteiger charge is 2.41. The molecule has 2 rings (SSSR count). The van der Waals surface area contributed by atoms with E-state index in [0.717, 1.165) is 13.0 Å². The van der Waals surface area contributed by atoms with Gasteiger partial charge in [0.25, 0.3) is 0 Å². The zero-order valence-corrected chi connectivity index (χ0v) is 10.1. The van der Waals surface area contributed by atoms with Gasteiger partial charge in [-0.05, 0) is 6.42 Å². The largest absolute Gasteiger partial charge is 0.445 e. The van der Waals surface area contributed by atoms with Gasteiger partial charge in [-0.1, -0.05) is 34.8 Å². The van der Waals surface area contributed by atoms with E-state index in [9.17, 15) is 4.79 Å². The summed E-state index contributed by atoms with van der Waals surface area (Å²) in [6.07, 6.45) is 0.596. The van der Waals surface area contributed by atoms with E-state index in [1.807, 2.05) is 0 Å². The molecule has 0 saturated carbocycles. The Morgan fingerprint density at radius 1 is 1.53 bits per heavy atom. The molecule has 0 unspecified atom stereocenters. The average molecular weight is 274 g/mol. The average Bonchev–Trinajstić information content (AvgIpc) is 2.73. The maximum Gasteiger partial charge on any atom is 0.410 e. The summed E-state index contributed by atoms with van der Waals surface area (Å²) >= 11 is 16.5. The molecule has 0 aromatic carbocycles. The van der Waals surface area contributed by atoms with Gasteiger partial charge in [-0.15, -0.1) is 0 Å². The van der Waals surface area contributed by atoms with Crippen LogP contribution in [0.25, 0.3) is 0 Å². The quantitative estimate of drug-likeness (QED) is 0.737. The first-order chi connectivity index (χ1) is 6.96. The molecule has 86 valence electrons. The molecule has 2 aliphatic heterocycles. The lowest BCUT2D eigenvalue weighted by Crippen LogP contribution is -2.47. The monoisotopic (exact) mass is 272 g/mol. The molecule has 2 atom stereocenters. The van der Waals surface area contributed by atoms with Crippen molar-refractivity contribution in [2.75, 3.05) is 19.7 Å². The minimum Gasteiger partial charge on any atom is -0.445 e. The molecule has 7 heteroatoms. The molecule has 2 aliphatic rings. The Bertz CT molecular complexity index is 269. The lowest BCUT2D eigenvalue weighted by atomic mass is 10.2. The van der Waals surface area contributed by atoms with Crippen LogP contribution >= 0.6 is 34.8 Å². The molecule has 0 spiro atoms. The van der Waals surface area contributed by atoms with Gasteiger partial charge in [0, 0.05) is 25.2 Å². The van der Waals surface area contributed by atoms with Gasteiger partial charge in [-0.25, -0.2) is 4.79 Å². The van der Waals surface area contributed by atoms with Crippen molar-refractivity contribution in [2.24, 2.45) is 0 Å². The second-order valence-corrected chi connectivity index (χ2v) is 6.33. The number of hydrogen-bond donors (Lipinski definition) is 1. The number of carbonyl (C=O) groups excluding carboxylic acids is 1. The Hall–Kier alpha value is 0.1000. The van der Waals surface area contributed by atoms with Gasteiger partial charge in [-0.2, -0.15) is 0 Å². The van der Waals surface area contributed by atoms with Gasteiger partial charge in [0.15, 0.2) is 0 Å². The van der Waals surface area contributed by atoms with Crippen LogP contribution in [0, 0.1) is 0 Å². The van der Waals surface area contributed by atoms with Crippen LogP contribution in [0.2, 0.25) is 0 Å². The van der Waals surface area contributed by atoms with E-state index in [-0.39, 0.29) is 12.6 Å². The second-order valence-electron chi connectivity index (χ2n) is 3.82. The summed E-state index contributed by atoms with van der Waals surface area (Å²) in [6, 6.07) is 0.633. The van der Waals surface area contributed by atoms with Crippen molar-refractivity contribution in [3.05, 3.63) is 0 Å². The van der Waals surface area contributed by atoms with Gasteiger partial charge < -0.3 is 15.0 Å².